The van der Waals surface area contributed by atoms with E-state index in [1.165, 1.54) is 0 Å². The zero-order chi connectivity index (χ0) is 16.5. The zero-order valence-electron chi connectivity index (χ0n) is 13.4. The summed E-state index contributed by atoms with van der Waals surface area (Å²) in [4.78, 5) is 18.9. The molecule has 4 rings (SSSR count). The summed E-state index contributed by atoms with van der Waals surface area (Å²) >= 11 is 0. The van der Waals surface area contributed by atoms with Gasteiger partial charge >= 0.3 is 0 Å². The number of carbonyl (C=O) groups is 1. The molecule has 0 spiro atoms. The number of carbonyl (C=O) groups excluding carboxylic acids is 1. The Morgan fingerprint density at radius 1 is 1.17 bits per heavy atom. The fraction of sp³-hybridized carbons (Fsp3) is 0.294. The lowest BCUT2D eigenvalue weighted by atomic mass is 10.1. The number of aromatic nitrogens is 4. The number of fused-ring (bicyclic) bond motifs is 1. The van der Waals surface area contributed by atoms with E-state index in [0.717, 1.165) is 35.4 Å². The number of nitrogens with zero attached hydrogens (tertiary/aromatic N) is 5. The SMILES string of the molecule is Cc1c(C(=O)N2CCNCC2)nnn1-c1cccc2ncccc12. The average molecular weight is 322 g/mol. The van der Waals surface area contributed by atoms with Gasteiger partial charge in [0.25, 0.3) is 5.91 Å². The summed E-state index contributed by atoms with van der Waals surface area (Å²) < 4.78 is 1.72. The van der Waals surface area contributed by atoms with E-state index < -0.39 is 0 Å². The first-order chi connectivity index (χ1) is 11.8. The fourth-order valence-electron chi connectivity index (χ4n) is 3.05. The van der Waals surface area contributed by atoms with Gasteiger partial charge in [0.05, 0.1) is 16.9 Å². The van der Waals surface area contributed by atoms with Crippen molar-refractivity contribution >= 4 is 16.8 Å². The molecule has 24 heavy (non-hydrogen) atoms. The smallest absolute Gasteiger partial charge is 0.276 e. The molecule has 0 aliphatic carbocycles. The van der Waals surface area contributed by atoms with E-state index in [4.69, 9.17) is 0 Å². The number of hydrogen-bond donors (Lipinski definition) is 1. The van der Waals surface area contributed by atoms with Gasteiger partial charge in [0.1, 0.15) is 0 Å². The quantitative estimate of drug-likeness (QED) is 0.766. The largest absolute Gasteiger partial charge is 0.335 e. The van der Waals surface area contributed by atoms with Gasteiger partial charge in [-0.15, -0.1) is 5.10 Å². The van der Waals surface area contributed by atoms with Crippen LogP contribution in [0, 0.1) is 6.92 Å². The predicted octanol–water partition coefficient (Wildman–Crippen LogP) is 1.17. The first-order valence-corrected chi connectivity index (χ1v) is 8.02. The number of hydrogen-bond acceptors (Lipinski definition) is 5. The van der Waals surface area contributed by atoms with Crippen LogP contribution in [-0.2, 0) is 0 Å². The molecule has 3 heterocycles. The molecular formula is C17H18N6O. The molecule has 3 aromatic rings. The Labute approximate surface area is 139 Å². The van der Waals surface area contributed by atoms with Crippen LogP contribution in [0.5, 0.6) is 0 Å². The zero-order valence-corrected chi connectivity index (χ0v) is 13.4. The highest BCUT2D eigenvalue weighted by Gasteiger charge is 2.24. The van der Waals surface area contributed by atoms with E-state index in [0.29, 0.717) is 18.8 Å². The van der Waals surface area contributed by atoms with Gasteiger partial charge in [0.2, 0.25) is 0 Å². The number of amides is 1. The van der Waals surface area contributed by atoms with Gasteiger partial charge in [-0.05, 0) is 31.2 Å². The van der Waals surface area contributed by atoms with Crippen LogP contribution in [0.15, 0.2) is 36.5 Å². The first kappa shape index (κ1) is 14.8. The van der Waals surface area contributed by atoms with Crippen molar-refractivity contribution in [1.82, 2.24) is 30.2 Å². The molecule has 122 valence electrons. The van der Waals surface area contributed by atoms with Gasteiger partial charge < -0.3 is 10.2 Å². The number of piperazine rings is 1. The Kier molecular flexibility index (Phi) is 3.70. The second-order valence-electron chi connectivity index (χ2n) is 5.82. The number of benzene rings is 1. The fourth-order valence-corrected chi connectivity index (χ4v) is 3.05. The van der Waals surface area contributed by atoms with Crippen molar-refractivity contribution in [3.63, 3.8) is 0 Å². The van der Waals surface area contributed by atoms with Crippen LogP contribution in [0.3, 0.4) is 0 Å². The van der Waals surface area contributed by atoms with Crippen molar-refractivity contribution in [3.8, 4) is 5.69 Å². The lowest BCUT2D eigenvalue weighted by molar-refractivity contribution is 0.0729. The summed E-state index contributed by atoms with van der Waals surface area (Å²) in [6.07, 6.45) is 1.76. The number of nitrogens with one attached hydrogen (secondary N) is 1. The molecule has 0 unspecified atom stereocenters. The molecule has 1 N–H and O–H groups in total. The average Bonchev–Trinajstić information content (AvgIpc) is 3.02. The van der Waals surface area contributed by atoms with Crippen molar-refractivity contribution in [2.45, 2.75) is 6.92 Å². The highest BCUT2D eigenvalue weighted by Crippen LogP contribution is 2.22. The second kappa shape index (κ2) is 6.01. The van der Waals surface area contributed by atoms with E-state index in [1.54, 1.807) is 10.9 Å². The minimum atomic E-state index is -0.0568. The third-order valence-corrected chi connectivity index (χ3v) is 4.35. The minimum Gasteiger partial charge on any atom is -0.335 e. The van der Waals surface area contributed by atoms with Gasteiger partial charge in [-0.2, -0.15) is 0 Å². The Hall–Kier alpha value is -2.80. The topological polar surface area (TPSA) is 75.9 Å². The van der Waals surface area contributed by atoms with Crippen molar-refractivity contribution in [3.05, 3.63) is 47.9 Å². The molecule has 0 saturated carbocycles. The van der Waals surface area contributed by atoms with E-state index in [-0.39, 0.29) is 5.91 Å². The maximum Gasteiger partial charge on any atom is 0.276 e. The summed E-state index contributed by atoms with van der Waals surface area (Å²) in [6, 6.07) is 9.74. The third kappa shape index (κ3) is 2.43. The van der Waals surface area contributed by atoms with E-state index in [9.17, 15) is 4.79 Å². The predicted molar refractivity (Wildman–Crippen MR) is 90.2 cm³/mol. The Morgan fingerprint density at radius 2 is 2.00 bits per heavy atom. The van der Waals surface area contributed by atoms with E-state index in [2.05, 4.69) is 20.6 Å². The molecule has 1 amide bonds. The van der Waals surface area contributed by atoms with Gasteiger partial charge in [-0.3, -0.25) is 9.78 Å². The summed E-state index contributed by atoms with van der Waals surface area (Å²) in [5.41, 5.74) is 2.93. The minimum absolute atomic E-state index is 0.0568. The van der Waals surface area contributed by atoms with Crippen LogP contribution < -0.4 is 5.32 Å². The lowest BCUT2D eigenvalue weighted by Gasteiger charge is -2.26. The summed E-state index contributed by atoms with van der Waals surface area (Å²) in [6.45, 7) is 4.90. The van der Waals surface area contributed by atoms with Gasteiger partial charge in [0.15, 0.2) is 5.69 Å². The molecular weight excluding hydrogens is 304 g/mol. The lowest BCUT2D eigenvalue weighted by Crippen LogP contribution is -2.46. The molecule has 0 bridgehead atoms. The van der Waals surface area contributed by atoms with Gasteiger partial charge in [-0.1, -0.05) is 11.3 Å². The summed E-state index contributed by atoms with van der Waals surface area (Å²) in [5.74, 6) is -0.0568. The Morgan fingerprint density at radius 3 is 2.83 bits per heavy atom. The highest BCUT2D eigenvalue weighted by atomic mass is 16.2. The molecule has 0 atom stereocenters. The molecule has 1 fully saturated rings. The first-order valence-electron chi connectivity index (χ1n) is 8.02. The molecule has 0 radical (unpaired) electrons. The van der Waals surface area contributed by atoms with Gasteiger partial charge in [0, 0.05) is 37.8 Å². The van der Waals surface area contributed by atoms with Crippen LogP contribution in [0.2, 0.25) is 0 Å². The number of rotatable bonds is 2. The second-order valence-corrected chi connectivity index (χ2v) is 5.82. The molecule has 7 nitrogen and oxygen atoms in total. The molecule has 2 aromatic heterocycles. The maximum absolute atomic E-state index is 12.7. The summed E-state index contributed by atoms with van der Waals surface area (Å²) in [7, 11) is 0. The Bertz CT molecular complexity index is 892. The van der Waals surface area contributed by atoms with E-state index >= 15 is 0 Å². The van der Waals surface area contributed by atoms with Crippen LogP contribution in [0.1, 0.15) is 16.2 Å². The molecule has 7 heteroatoms. The molecule has 1 aliphatic rings. The maximum atomic E-state index is 12.7. The van der Waals surface area contributed by atoms with Crippen molar-refractivity contribution in [2.75, 3.05) is 26.2 Å². The van der Waals surface area contributed by atoms with Crippen LogP contribution >= 0.6 is 0 Å². The third-order valence-electron chi connectivity index (χ3n) is 4.35. The highest BCUT2D eigenvalue weighted by molar-refractivity contribution is 5.94. The van der Waals surface area contributed by atoms with Crippen molar-refractivity contribution in [1.29, 1.82) is 0 Å². The normalized spacial score (nSPS) is 15.0. The molecule has 1 saturated heterocycles. The molecule has 1 aromatic carbocycles. The summed E-state index contributed by atoms with van der Waals surface area (Å²) in [5, 5.41) is 12.6. The molecule has 1 aliphatic heterocycles. The van der Waals surface area contributed by atoms with Crippen LogP contribution in [0.4, 0.5) is 0 Å². The van der Waals surface area contributed by atoms with Crippen molar-refractivity contribution < 1.29 is 4.79 Å². The number of pyridine rings is 1. The standard InChI is InChI=1S/C17H18N6O/c1-12-16(17(24)22-10-8-18-9-11-22)20-21-23(12)15-6-2-5-14-13(15)4-3-7-19-14/h2-7,18H,8-11H2,1H3. The van der Waals surface area contributed by atoms with Crippen molar-refractivity contribution in [2.24, 2.45) is 0 Å². The Balaban J connectivity index is 1.75. The van der Waals surface area contributed by atoms with Crippen LogP contribution in [-0.4, -0.2) is 57.0 Å². The van der Waals surface area contributed by atoms with Gasteiger partial charge in [-0.25, -0.2) is 4.68 Å². The van der Waals surface area contributed by atoms with Crippen LogP contribution in [0.25, 0.3) is 16.6 Å². The van der Waals surface area contributed by atoms with E-state index in [1.807, 2.05) is 42.2 Å². The monoisotopic (exact) mass is 322 g/mol.